The van der Waals surface area contributed by atoms with Crippen LogP contribution in [-0.4, -0.2) is 18.7 Å². The molecule has 114 valence electrons. The average molecular weight is 317 g/mol. The van der Waals surface area contributed by atoms with Gasteiger partial charge in [-0.15, -0.1) is 24.2 Å². The summed E-state index contributed by atoms with van der Waals surface area (Å²) in [6.45, 7) is 5.00. The zero-order valence-corrected chi connectivity index (χ0v) is 14.1. The van der Waals surface area contributed by atoms with Crippen LogP contribution in [0.2, 0.25) is 0 Å². The topological polar surface area (TPSA) is 55.1 Å². The van der Waals surface area contributed by atoms with E-state index in [1.54, 1.807) is 11.8 Å². The van der Waals surface area contributed by atoms with Crippen molar-refractivity contribution in [2.24, 2.45) is 11.1 Å². The number of nitrogens with two attached hydrogens (primary N) is 1. The molecule has 0 aliphatic rings. The molecule has 0 heterocycles. The molecule has 0 aliphatic carbocycles. The maximum absolute atomic E-state index is 12.3. The van der Waals surface area contributed by atoms with Gasteiger partial charge in [0, 0.05) is 18.0 Å². The predicted octanol–water partition coefficient (Wildman–Crippen LogP) is 3.21. The maximum Gasteiger partial charge on any atom is 0.227 e. The lowest BCUT2D eigenvalue weighted by Crippen LogP contribution is -2.45. The van der Waals surface area contributed by atoms with Crippen LogP contribution in [0.4, 0.5) is 0 Å². The normalized spacial score (nSPS) is 10.8. The number of carbonyl (C=O) groups excluding carboxylic acids is 1. The molecular formula is C15H25ClN2OS. The van der Waals surface area contributed by atoms with Crippen molar-refractivity contribution < 1.29 is 4.79 Å². The van der Waals surface area contributed by atoms with Gasteiger partial charge in [-0.1, -0.05) is 26.0 Å². The first-order chi connectivity index (χ1) is 9.11. The van der Waals surface area contributed by atoms with Crippen LogP contribution >= 0.6 is 24.2 Å². The van der Waals surface area contributed by atoms with Gasteiger partial charge in [-0.25, -0.2) is 0 Å². The fourth-order valence-corrected chi connectivity index (χ4v) is 2.47. The number of carbonyl (C=O) groups is 1. The second-order valence-corrected chi connectivity index (χ2v) is 5.60. The van der Waals surface area contributed by atoms with E-state index in [2.05, 4.69) is 23.7 Å². The standard InChI is InChI=1S/C15H24N2OS.ClH/c1-4-15(5-2,11-16)14(18)17-10-12-6-8-13(19-3)9-7-12;/h6-9H,4-5,10-11,16H2,1-3H3,(H,17,18);1H. The van der Waals surface area contributed by atoms with E-state index in [1.807, 2.05) is 26.0 Å². The molecule has 1 amide bonds. The summed E-state index contributed by atoms with van der Waals surface area (Å²) in [6.07, 6.45) is 3.60. The smallest absolute Gasteiger partial charge is 0.227 e. The van der Waals surface area contributed by atoms with E-state index in [0.717, 1.165) is 18.4 Å². The number of halogens is 1. The molecule has 0 fully saturated rings. The summed E-state index contributed by atoms with van der Waals surface area (Å²) in [5.41, 5.74) is 6.47. The van der Waals surface area contributed by atoms with Gasteiger partial charge < -0.3 is 11.1 Å². The van der Waals surface area contributed by atoms with Gasteiger partial charge in [0.15, 0.2) is 0 Å². The van der Waals surface area contributed by atoms with Crippen LogP contribution in [0.5, 0.6) is 0 Å². The second-order valence-electron chi connectivity index (χ2n) is 4.72. The molecule has 0 spiro atoms. The molecule has 5 heteroatoms. The molecule has 1 rings (SSSR count). The minimum absolute atomic E-state index is 0. The van der Waals surface area contributed by atoms with Crippen molar-refractivity contribution >= 4 is 30.1 Å². The van der Waals surface area contributed by atoms with Gasteiger partial charge in [0.2, 0.25) is 5.91 Å². The summed E-state index contributed by atoms with van der Waals surface area (Å²) in [4.78, 5) is 13.5. The van der Waals surface area contributed by atoms with Crippen molar-refractivity contribution in [2.45, 2.75) is 38.1 Å². The highest BCUT2D eigenvalue weighted by atomic mass is 35.5. The van der Waals surface area contributed by atoms with E-state index < -0.39 is 5.41 Å². The number of amides is 1. The quantitative estimate of drug-likeness (QED) is 0.759. The Morgan fingerprint density at radius 3 is 2.20 bits per heavy atom. The minimum Gasteiger partial charge on any atom is -0.352 e. The molecule has 0 radical (unpaired) electrons. The van der Waals surface area contributed by atoms with E-state index in [1.165, 1.54) is 4.90 Å². The molecule has 1 aromatic rings. The molecule has 0 saturated heterocycles. The molecule has 0 saturated carbocycles. The number of hydrogen-bond donors (Lipinski definition) is 2. The third-order valence-electron chi connectivity index (χ3n) is 3.84. The van der Waals surface area contributed by atoms with Crippen molar-refractivity contribution in [1.82, 2.24) is 5.32 Å². The molecule has 0 aromatic heterocycles. The average Bonchev–Trinajstić information content (AvgIpc) is 2.48. The lowest BCUT2D eigenvalue weighted by molar-refractivity contribution is -0.131. The first kappa shape index (κ1) is 19.3. The van der Waals surface area contributed by atoms with E-state index in [-0.39, 0.29) is 18.3 Å². The molecule has 0 bridgehead atoms. The first-order valence-electron chi connectivity index (χ1n) is 6.73. The number of benzene rings is 1. The SMILES string of the molecule is CCC(CC)(CN)C(=O)NCc1ccc(SC)cc1.Cl. The Kier molecular flexibility index (Phi) is 8.94. The Hall–Kier alpha value is -0.710. The largest absolute Gasteiger partial charge is 0.352 e. The lowest BCUT2D eigenvalue weighted by atomic mass is 9.81. The highest BCUT2D eigenvalue weighted by Gasteiger charge is 2.32. The van der Waals surface area contributed by atoms with E-state index in [4.69, 9.17) is 5.73 Å². The van der Waals surface area contributed by atoms with Crippen LogP contribution in [0.25, 0.3) is 0 Å². The molecule has 3 nitrogen and oxygen atoms in total. The van der Waals surface area contributed by atoms with Crippen molar-refractivity contribution in [3.05, 3.63) is 29.8 Å². The van der Waals surface area contributed by atoms with Crippen LogP contribution in [0, 0.1) is 5.41 Å². The lowest BCUT2D eigenvalue weighted by Gasteiger charge is -2.28. The number of thioether (sulfide) groups is 1. The predicted molar refractivity (Wildman–Crippen MR) is 89.4 cm³/mol. The van der Waals surface area contributed by atoms with Gasteiger partial charge in [-0.05, 0) is 36.8 Å². The van der Waals surface area contributed by atoms with Gasteiger partial charge in [0.25, 0.3) is 0 Å². The molecule has 0 aliphatic heterocycles. The Morgan fingerprint density at radius 2 is 1.80 bits per heavy atom. The highest BCUT2D eigenvalue weighted by molar-refractivity contribution is 7.98. The Bertz CT molecular complexity index is 397. The van der Waals surface area contributed by atoms with Crippen molar-refractivity contribution in [1.29, 1.82) is 0 Å². The molecule has 0 atom stereocenters. The minimum atomic E-state index is -0.417. The van der Waals surface area contributed by atoms with E-state index >= 15 is 0 Å². The molecule has 20 heavy (non-hydrogen) atoms. The molecule has 1 aromatic carbocycles. The Morgan fingerprint density at radius 1 is 1.25 bits per heavy atom. The van der Waals surface area contributed by atoms with Crippen LogP contribution in [0.15, 0.2) is 29.2 Å². The third-order valence-corrected chi connectivity index (χ3v) is 4.58. The first-order valence-corrected chi connectivity index (χ1v) is 7.95. The van der Waals surface area contributed by atoms with Crippen LogP contribution in [-0.2, 0) is 11.3 Å². The number of rotatable bonds is 7. The molecular weight excluding hydrogens is 292 g/mol. The Labute approximate surface area is 132 Å². The summed E-state index contributed by atoms with van der Waals surface area (Å²) in [7, 11) is 0. The molecule has 0 unspecified atom stereocenters. The summed E-state index contributed by atoms with van der Waals surface area (Å²) < 4.78 is 0. The second kappa shape index (κ2) is 9.27. The van der Waals surface area contributed by atoms with Gasteiger partial charge in [0.05, 0.1) is 5.41 Å². The van der Waals surface area contributed by atoms with Crippen molar-refractivity contribution in [2.75, 3.05) is 12.8 Å². The monoisotopic (exact) mass is 316 g/mol. The fourth-order valence-electron chi connectivity index (χ4n) is 2.07. The van der Waals surface area contributed by atoms with Crippen LogP contribution < -0.4 is 11.1 Å². The van der Waals surface area contributed by atoms with E-state index in [9.17, 15) is 4.79 Å². The summed E-state index contributed by atoms with van der Waals surface area (Å²) in [5, 5.41) is 3.00. The summed E-state index contributed by atoms with van der Waals surface area (Å²) >= 11 is 1.71. The Balaban J connectivity index is 0.00000361. The summed E-state index contributed by atoms with van der Waals surface area (Å²) in [5.74, 6) is 0.0638. The van der Waals surface area contributed by atoms with Crippen LogP contribution in [0.3, 0.4) is 0 Å². The third kappa shape index (κ3) is 4.69. The molecule has 3 N–H and O–H groups in total. The zero-order chi connectivity index (χ0) is 14.3. The van der Waals surface area contributed by atoms with Gasteiger partial charge >= 0.3 is 0 Å². The highest BCUT2D eigenvalue weighted by Crippen LogP contribution is 2.25. The van der Waals surface area contributed by atoms with Gasteiger partial charge in [-0.3, -0.25) is 4.79 Å². The van der Waals surface area contributed by atoms with Crippen LogP contribution in [0.1, 0.15) is 32.3 Å². The van der Waals surface area contributed by atoms with Crippen molar-refractivity contribution in [3.63, 3.8) is 0 Å². The van der Waals surface area contributed by atoms with Gasteiger partial charge in [-0.2, -0.15) is 0 Å². The zero-order valence-electron chi connectivity index (χ0n) is 12.4. The number of hydrogen-bond acceptors (Lipinski definition) is 3. The van der Waals surface area contributed by atoms with E-state index in [0.29, 0.717) is 13.1 Å². The fraction of sp³-hybridized carbons (Fsp3) is 0.533. The van der Waals surface area contributed by atoms with Gasteiger partial charge in [0.1, 0.15) is 0 Å². The summed E-state index contributed by atoms with van der Waals surface area (Å²) in [6, 6.07) is 8.24. The van der Waals surface area contributed by atoms with Crippen molar-refractivity contribution in [3.8, 4) is 0 Å². The number of nitrogens with one attached hydrogen (secondary N) is 1. The maximum atomic E-state index is 12.3.